The van der Waals surface area contributed by atoms with Crippen LogP contribution >= 0.6 is 15.9 Å². The Hall–Kier alpha value is -1.75. The Labute approximate surface area is 122 Å². The van der Waals surface area contributed by atoms with Gasteiger partial charge < -0.3 is 4.74 Å². The minimum Gasteiger partial charge on any atom is -0.484 e. The van der Waals surface area contributed by atoms with Crippen LogP contribution in [0.4, 0.5) is 8.78 Å². The van der Waals surface area contributed by atoms with Crippen molar-refractivity contribution in [1.29, 1.82) is 0 Å². The van der Waals surface area contributed by atoms with Gasteiger partial charge in [0, 0.05) is 10.0 Å². The van der Waals surface area contributed by atoms with E-state index in [9.17, 15) is 13.6 Å². The summed E-state index contributed by atoms with van der Waals surface area (Å²) >= 11 is 3.29. The van der Waals surface area contributed by atoms with Gasteiger partial charge in [-0.05, 0) is 24.3 Å². The van der Waals surface area contributed by atoms with E-state index >= 15 is 0 Å². The summed E-state index contributed by atoms with van der Waals surface area (Å²) in [6.07, 6.45) is -0.811. The van der Waals surface area contributed by atoms with Crippen molar-refractivity contribution in [1.82, 2.24) is 0 Å². The van der Waals surface area contributed by atoms with Crippen LogP contribution in [0.2, 0.25) is 0 Å². The van der Waals surface area contributed by atoms with E-state index in [1.54, 1.807) is 18.2 Å². The monoisotopic (exact) mass is 338 g/mol. The zero-order valence-corrected chi connectivity index (χ0v) is 11.8. The minimum absolute atomic E-state index is 0.00495. The van der Waals surface area contributed by atoms with Gasteiger partial charge >= 0.3 is 0 Å². The molecular weight excluding hydrogens is 330 g/mol. The van der Waals surface area contributed by atoms with Gasteiger partial charge in [0.1, 0.15) is 11.9 Å². The minimum atomic E-state index is -0.969. The van der Waals surface area contributed by atoms with Gasteiger partial charge in [0.15, 0.2) is 17.4 Å². The Morgan fingerprint density at radius 1 is 1.20 bits per heavy atom. The van der Waals surface area contributed by atoms with E-state index in [4.69, 9.17) is 4.74 Å². The number of Topliss-reactive ketones (excluding diaryl/α,β-unsaturated/α-hetero) is 1. The number of benzene rings is 2. The van der Waals surface area contributed by atoms with E-state index in [0.717, 1.165) is 10.5 Å². The first-order valence-corrected chi connectivity index (χ1v) is 6.79. The summed E-state index contributed by atoms with van der Waals surface area (Å²) in [6, 6.07) is 8.91. The summed E-state index contributed by atoms with van der Waals surface area (Å²) in [7, 11) is 0. The van der Waals surface area contributed by atoms with Gasteiger partial charge in [-0.3, -0.25) is 4.79 Å². The summed E-state index contributed by atoms with van der Waals surface area (Å²) in [5.41, 5.74) is 0.519. The Morgan fingerprint density at radius 2 is 2.00 bits per heavy atom. The van der Waals surface area contributed by atoms with Gasteiger partial charge in [0.2, 0.25) is 0 Å². The van der Waals surface area contributed by atoms with Crippen LogP contribution < -0.4 is 4.74 Å². The van der Waals surface area contributed by atoms with E-state index in [1.165, 1.54) is 12.1 Å². The van der Waals surface area contributed by atoms with Crippen LogP contribution in [0.15, 0.2) is 40.9 Å². The van der Waals surface area contributed by atoms with Crippen LogP contribution in [0, 0.1) is 11.6 Å². The van der Waals surface area contributed by atoms with E-state index in [2.05, 4.69) is 15.9 Å². The van der Waals surface area contributed by atoms with Gasteiger partial charge in [-0.1, -0.05) is 28.1 Å². The SMILES string of the molecule is O=C1CC(c2cccc(F)c2F)Oc2cc(Br)ccc21. The molecule has 1 atom stereocenters. The van der Waals surface area contributed by atoms with Crippen molar-refractivity contribution in [3.63, 3.8) is 0 Å². The number of ketones is 1. The molecule has 2 aromatic carbocycles. The van der Waals surface area contributed by atoms with Gasteiger partial charge in [0.05, 0.1) is 12.0 Å². The largest absolute Gasteiger partial charge is 0.484 e. The van der Waals surface area contributed by atoms with Gasteiger partial charge in [-0.2, -0.15) is 0 Å². The Bertz CT molecular complexity index is 700. The van der Waals surface area contributed by atoms with Crippen LogP contribution in [-0.4, -0.2) is 5.78 Å². The predicted octanol–water partition coefficient (Wildman–Crippen LogP) is 4.43. The number of carbonyl (C=O) groups excluding carboxylic acids is 1. The quantitative estimate of drug-likeness (QED) is 0.768. The highest BCUT2D eigenvalue weighted by Gasteiger charge is 2.30. The molecule has 0 saturated heterocycles. The van der Waals surface area contributed by atoms with Crippen LogP contribution in [0.1, 0.15) is 28.4 Å². The van der Waals surface area contributed by atoms with Crippen molar-refractivity contribution in [3.05, 3.63) is 63.6 Å². The first kappa shape index (κ1) is 13.2. The third-order valence-electron chi connectivity index (χ3n) is 3.21. The molecule has 5 heteroatoms. The molecule has 0 spiro atoms. The highest BCUT2D eigenvalue weighted by atomic mass is 79.9. The zero-order chi connectivity index (χ0) is 14.3. The molecule has 1 aliphatic heterocycles. The Morgan fingerprint density at radius 3 is 2.80 bits per heavy atom. The number of hydrogen-bond acceptors (Lipinski definition) is 2. The van der Waals surface area contributed by atoms with Crippen molar-refractivity contribution in [2.24, 2.45) is 0 Å². The molecule has 1 unspecified atom stereocenters. The summed E-state index contributed by atoms with van der Waals surface area (Å²) in [5.74, 6) is -1.68. The van der Waals surface area contributed by atoms with Crippen molar-refractivity contribution < 1.29 is 18.3 Å². The molecule has 0 fully saturated rings. The zero-order valence-electron chi connectivity index (χ0n) is 10.2. The lowest BCUT2D eigenvalue weighted by atomic mass is 9.96. The number of fused-ring (bicyclic) bond motifs is 1. The summed E-state index contributed by atoms with van der Waals surface area (Å²) < 4.78 is 33.5. The molecule has 20 heavy (non-hydrogen) atoms. The van der Waals surface area contributed by atoms with E-state index < -0.39 is 17.7 Å². The molecule has 1 aliphatic rings. The topological polar surface area (TPSA) is 26.3 Å². The molecule has 102 valence electrons. The lowest BCUT2D eigenvalue weighted by Gasteiger charge is -2.26. The first-order chi connectivity index (χ1) is 9.56. The van der Waals surface area contributed by atoms with Crippen LogP contribution in [-0.2, 0) is 0 Å². The molecule has 2 nitrogen and oxygen atoms in total. The van der Waals surface area contributed by atoms with Crippen molar-refractivity contribution >= 4 is 21.7 Å². The molecule has 0 radical (unpaired) electrons. The fraction of sp³-hybridized carbons (Fsp3) is 0.133. The van der Waals surface area contributed by atoms with Gasteiger partial charge in [0.25, 0.3) is 0 Å². The normalized spacial score (nSPS) is 17.6. The summed E-state index contributed by atoms with van der Waals surface area (Å²) in [4.78, 5) is 12.1. The van der Waals surface area contributed by atoms with Crippen LogP contribution in [0.25, 0.3) is 0 Å². The Kier molecular flexibility index (Phi) is 3.30. The third-order valence-corrected chi connectivity index (χ3v) is 3.71. The van der Waals surface area contributed by atoms with E-state index in [1.807, 2.05) is 0 Å². The molecular formula is C15H9BrF2O2. The maximum atomic E-state index is 13.8. The molecule has 0 bridgehead atoms. The summed E-state index contributed by atoms with van der Waals surface area (Å²) in [5, 5.41) is 0. The predicted molar refractivity (Wildman–Crippen MR) is 72.8 cm³/mol. The molecule has 0 aromatic heterocycles. The fourth-order valence-corrected chi connectivity index (χ4v) is 2.58. The number of halogens is 3. The second-order valence-corrected chi connectivity index (χ2v) is 5.43. The fourth-order valence-electron chi connectivity index (χ4n) is 2.24. The second-order valence-electron chi connectivity index (χ2n) is 4.52. The molecule has 0 aliphatic carbocycles. The molecule has 2 aromatic rings. The van der Waals surface area contributed by atoms with Crippen molar-refractivity contribution in [2.75, 3.05) is 0 Å². The van der Waals surface area contributed by atoms with Gasteiger partial charge in [-0.15, -0.1) is 0 Å². The average molecular weight is 339 g/mol. The lowest BCUT2D eigenvalue weighted by Crippen LogP contribution is -2.21. The number of hydrogen-bond donors (Lipinski definition) is 0. The maximum Gasteiger partial charge on any atom is 0.170 e. The number of ether oxygens (including phenoxy) is 1. The lowest BCUT2D eigenvalue weighted by molar-refractivity contribution is 0.0844. The highest BCUT2D eigenvalue weighted by Crippen LogP contribution is 2.37. The first-order valence-electron chi connectivity index (χ1n) is 5.99. The number of rotatable bonds is 1. The average Bonchev–Trinajstić information content (AvgIpc) is 2.41. The van der Waals surface area contributed by atoms with Crippen molar-refractivity contribution in [3.8, 4) is 5.75 Å². The van der Waals surface area contributed by atoms with Crippen LogP contribution in [0.3, 0.4) is 0 Å². The standard InChI is InChI=1S/C15H9BrF2O2/c16-8-4-5-9-12(19)7-14(20-13(9)6-8)10-2-1-3-11(17)15(10)18/h1-6,14H,7H2. The molecule has 0 saturated carbocycles. The number of carbonyl (C=O) groups is 1. The smallest absolute Gasteiger partial charge is 0.170 e. The third kappa shape index (κ3) is 2.22. The summed E-state index contributed by atoms with van der Waals surface area (Å²) in [6.45, 7) is 0. The Balaban J connectivity index is 2.03. The molecule has 0 amide bonds. The highest BCUT2D eigenvalue weighted by molar-refractivity contribution is 9.10. The maximum absolute atomic E-state index is 13.8. The van der Waals surface area contributed by atoms with E-state index in [-0.39, 0.29) is 17.8 Å². The van der Waals surface area contributed by atoms with E-state index in [0.29, 0.717) is 11.3 Å². The molecule has 0 N–H and O–H groups in total. The van der Waals surface area contributed by atoms with Crippen LogP contribution in [0.5, 0.6) is 5.75 Å². The molecule has 1 heterocycles. The van der Waals surface area contributed by atoms with Crippen molar-refractivity contribution in [2.45, 2.75) is 12.5 Å². The van der Waals surface area contributed by atoms with Gasteiger partial charge in [-0.25, -0.2) is 8.78 Å². The second kappa shape index (κ2) is 4.98. The molecule has 3 rings (SSSR count).